The number of aryl methyl sites for hydroxylation is 1. The Kier molecular flexibility index (Phi) is 3.12. The summed E-state index contributed by atoms with van der Waals surface area (Å²) in [7, 11) is 2.03. The van der Waals surface area contributed by atoms with E-state index in [0.29, 0.717) is 6.54 Å². The minimum atomic E-state index is 0.550. The summed E-state index contributed by atoms with van der Waals surface area (Å²) in [4.78, 5) is 4.69. The van der Waals surface area contributed by atoms with Crippen molar-refractivity contribution < 1.29 is 0 Å². The summed E-state index contributed by atoms with van der Waals surface area (Å²) in [6.07, 6.45) is 0. The first-order valence-corrected chi connectivity index (χ1v) is 6.89. The van der Waals surface area contributed by atoms with Crippen molar-refractivity contribution in [1.29, 1.82) is 0 Å². The third-order valence-electron chi connectivity index (χ3n) is 3.28. The van der Waals surface area contributed by atoms with Gasteiger partial charge in [-0.25, -0.2) is 4.98 Å². The van der Waals surface area contributed by atoms with E-state index in [9.17, 15) is 0 Å². The minimum absolute atomic E-state index is 0.550. The van der Waals surface area contributed by atoms with Crippen molar-refractivity contribution in [3.8, 4) is 11.4 Å². The molecule has 0 saturated heterocycles. The number of halogens is 1. The van der Waals surface area contributed by atoms with Crippen molar-refractivity contribution in [3.63, 3.8) is 0 Å². The van der Waals surface area contributed by atoms with Gasteiger partial charge in [0, 0.05) is 23.6 Å². The molecule has 2 aromatic carbocycles. The van der Waals surface area contributed by atoms with Crippen molar-refractivity contribution >= 4 is 27.0 Å². The van der Waals surface area contributed by atoms with Gasteiger partial charge in [-0.05, 0) is 29.8 Å². The topological polar surface area (TPSA) is 43.8 Å². The number of nitrogens with zero attached hydrogens (tertiary/aromatic N) is 2. The molecule has 0 amide bonds. The van der Waals surface area contributed by atoms with Crippen LogP contribution in [0.15, 0.2) is 46.9 Å². The van der Waals surface area contributed by atoms with Crippen LogP contribution >= 0.6 is 15.9 Å². The largest absolute Gasteiger partial charge is 0.327 e. The zero-order chi connectivity index (χ0) is 13.4. The van der Waals surface area contributed by atoms with Gasteiger partial charge in [0.1, 0.15) is 5.82 Å². The number of rotatable bonds is 2. The maximum atomic E-state index is 5.69. The summed E-state index contributed by atoms with van der Waals surface area (Å²) in [5, 5.41) is 0. The fraction of sp³-hybridized carbons (Fsp3) is 0.133. The van der Waals surface area contributed by atoms with Crippen LogP contribution < -0.4 is 5.73 Å². The molecule has 96 valence electrons. The van der Waals surface area contributed by atoms with Gasteiger partial charge in [0.05, 0.1) is 11.0 Å². The van der Waals surface area contributed by atoms with Crippen LogP contribution in [0.3, 0.4) is 0 Å². The van der Waals surface area contributed by atoms with E-state index in [1.165, 1.54) is 0 Å². The Labute approximate surface area is 120 Å². The maximum absolute atomic E-state index is 5.69. The van der Waals surface area contributed by atoms with Gasteiger partial charge in [0.15, 0.2) is 0 Å². The summed E-state index contributed by atoms with van der Waals surface area (Å²) in [5.74, 6) is 0.969. The highest BCUT2D eigenvalue weighted by atomic mass is 79.9. The van der Waals surface area contributed by atoms with Crippen molar-refractivity contribution in [3.05, 3.63) is 52.5 Å². The van der Waals surface area contributed by atoms with Crippen LogP contribution in [0.25, 0.3) is 22.4 Å². The Morgan fingerprint density at radius 3 is 2.58 bits per heavy atom. The monoisotopic (exact) mass is 315 g/mol. The number of aromatic nitrogens is 2. The van der Waals surface area contributed by atoms with Gasteiger partial charge in [0.25, 0.3) is 0 Å². The number of fused-ring (bicyclic) bond motifs is 1. The molecule has 1 aromatic heterocycles. The lowest BCUT2D eigenvalue weighted by Crippen LogP contribution is -1.97. The summed E-state index contributed by atoms with van der Waals surface area (Å²) in [5.41, 5.74) is 10.0. The molecule has 0 saturated carbocycles. The maximum Gasteiger partial charge on any atom is 0.140 e. The molecule has 0 unspecified atom stereocenters. The lowest BCUT2D eigenvalue weighted by atomic mass is 10.2. The summed E-state index contributed by atoms with van der Waals surface area (Å²) >= 11 is 3.45. The molecule has 0 radical (unpaired) electrons. The van der Waals surface area contributed by atoms with Crippen LogP contribution in [-0.4, -0.2) is 9.55 Å². The SMILES string of the molecule is Cn1c(-c2ccc(Br)cc2)nc2ccc(CN)cc21. The molecule has 19 heavy (non-hydrogen) atoms. The average Bonchev–Trinajstić information content (AvgIpc) is 2.76. The quantitative estimate of drug-likeness (QED) is 0.787. The Balaban J connectivity index is 2.19. The second-order valence-electron chi connectivity index (χ2n) is 4.53. The minimum Gasteiger partial charge on any atom is -0.327 e. The molecule has 0 aliphatic rings. The zero-order valence-corrected chi connectivity index (χ0v) is 12.2. The molecular weight excluding hydrogens is 302 g/mol. The number of hydrogen-bond donors (Lipinski definition) is 1. The fourth-order valence-corrected chi connectivity index (χ4v) is 2.48. The highest BCUT2D eigenvalue weighted by Crippen LogP contribution is 2.25. The van der Waals surface area contributed by atoms with Crippen LogP contribution in [-0.2, 0) is 13.6 Å². The predicted octanol–water partition coefficient (Wildman–Crippen LogP) is 3.46. The van der Waals surface area contributed by atoms with E-state index in [1.54, 1.807) is 0 Å². The van der Waals surface area contributed by atoms with Gasteiger partial charge in [-0.15, -0.1) is 0 Å². The first-order chi connectivity index (χ1) is 9.19. The smallest absolute Gasteiger partial charge is 0.140 e. The van der Waals surface area contributed by atoms with E-state index in [4.69, 9.17) is 10.7 Å². The van der Waals surface area contributed by atoms with E-state index in [1.807, 2.05) is 31.3 Å². The van der Waals surface area contributed by atoms with Crippen LogP contribution in [0.5, 0.6) is 0 Å². The Morgan fingerprint density at radius 2 is 1.89 bits per heavy atom. The van der Waals surface area contributed by atoms with Crippen LogP contribution in [0.4, 0.5) is 0 Å². The Hall–Kier alpha value is -1.65. The molecule has 3 aromatic rings. The molecular formula is C15H14BrN3. The first kappa shape index (κ1) is 12.4. The summed E-state index contributed by atoms with van der Waals surface area (Å²) in [6.45, 7) is 0.550. The molecule has 0 aliphatic carbocycles. The molecule has 0 aliphatic heterocycles. The average molecular weight is 316 g/mol. The second-order valence-corrected chi connectivity index (χ2v) is 5.44. The summed E-state index contributed by atoms with van der Waals surface area (Å²) in [6, 6.07) is 14.3. The molecule has 1 heterocycles. The van der Waals surface area contributed by atoms with Crippen LogP contribution in [0.2, 0.25) is 0 Å². The van der Waals surface area contributed by atoms with Gasteiger partial charge in [-0.3, -0.25) is 0 Å². The lowest BCUT2D eigenvalue weighted by molar-refractivity contribution is 0.956. The van der Waals surface area contributed by atoms with Crippen molar-refractivity contribution in [2.24, 2.45) is 12.8 Å². The predicted molar refractivity (Wildman–Crippen MR) is 81.7 cm³/mol. The number of hydrogen-bond acceptors (Lipinski definition) is 2. The van der Waals surface area contributed by atoms with Crippen molar-refractivity contribution in [1.82, 2.24) is 9.55 Å². The van der Waals surface area contributed by atoms with Gasteiger partial charge < -0.3 is 10.3 Å². The fourth-order valence-electron chi connectivity index (χ4n) is 2.22. The molecule has 3 nitrogen and oxygen atoms in total. The highest BCUT2D eigenvalue weighted by Gasteiger charge is 2.09. The van der Waals surface area contributed by atoms with Crippen molar-refractivity contribution in [2.45, 2.75) is 6.54 Å². The zero-order valence-electron chi connectivity index (χ0n) is 10.6. The van der Waals surface area contributed by atoms with Gasteiger partial charge in [-0.1, -0.05) is 34.1 Å². The summed E-state index contributed by atoms with van der Waals surface area (Å²) < 4.78 is 3.18. The standard InChI is InChI=1S/C15H14BrN3/c1-19-14-8-10(9-17)2-7-13(14)18-15(19)11-3-5-12(16)6-4-11/h2-8H,9,17H2,1H3. The molecule has 0 atom stereocenters. The molecule has 3 rings (SSSR count). The van der Waals surface area contributed by atoms with Crippen molar-refractivity contribution in [2.75, 3.05) is 0 Å². The number of imidazole rings is 1. The van der Waals surface area contributed by atoms with Gasteiger partial charge in [0.2, 0.25) is 0 Å². The molecule has 0 spiro atoms. The number of benzene rings is 2. The highest BCUT2D eigenvalue weighted by molar-refractivity contribution is 9.10. The first-order valence-electron chi connectivity index (χ1n) is 6.10. The normalized spacial score (nSPS) is 11.1. The second kappa shape index (κ2) is 4.79. The Bertz CT molecular complexity index is 729. The van der Waals surface area contributed by atoms with E-state index < -0.39 is 0 Å². The lowest BCUT2D eigenvalue weighted by Gasteiger charge is -2.03. The molecule has 0 bridgehead atoms. The van der Waals surface area contributed by atoms with Crippen LogP contribution in [0, 0.1) is 0 Å². The van der Waals surface area contributed by atoms with E-state index >= 15 is 0 Å². The molecule has 0 fully saturated rings. The van der Waals surface area contributed by atoms with Gasteiger partial charge >= 0.3 is 0 Å². The molecule has 2 N–H and O–H groups in total. The van der Waals surface area contributed by atoms with Crippen LogP contribution in [0.1, 0.15) is 5.56 Å². The Morgan fingerprint density at radius 1 is 1.16 bits per heavy atom. The third kappa shape index (κ3) is 2.17. The third-order valence-corrected chi connectivity index (χ3v) is 3.81. The molecule has 4 heteroatoms. The van der Waals surface area contributed by atoms with E-state index in [-0.39, 0.29) is 0 Å². The van der Waals surface area contributed by atoms with E-state index in [2.05, 4.69) is 38.7 Å². The van der Waals surface area contributed by atoms with E-state index in [0.717, 1.165) is 32.5 Å². The van der Waals surface area contributed by atoms with Gasteiger partial charge in [-0.2, -0.15) is 0 Å². The number of nitrogens with two attached hydrogens (primary N) is 1.